The zero-order chi connectivity index (χ0) is 65.0. The monoisotopic (exact) mass is 1220 g/mol. The molecule has 478 valence electrons. The van der Waals surface area contributed by atoms with Crippen molar-refractivity contribution in [3.05, 3.63) is 126 Å². The molecule has 11 atom stereocenters. The van der Waals surface area contributed by atoms with Gasteiger partial charge in [-0.1, -0.05) is 139 Å². The van der Waals surface area contributed by atoms with E-state index in [0.29, 0.717) is 16.8 Å². The highest BCUT2D eigenvalue weighted by molar-refractivity contribution is 5.99. The number of H-pyrrole nitrogens is 1. The molecule has 0 bridgehead atoms. The Labute approximate surface area is 510 Å². The first kappa shape index (κ1) is 71.4. The number of amides is 10. The highest BCUT2D eigenvalue weighted by atomic mass is 16.4. The normalized spacial score (nSPS) is 14.9. The molecule has 17 N–H and O–H groups in total. The minimum atomic E-state index is -1.80. The number of aromatic amines is 1. The number of nitrogens with two attached hydrogens (primary N) is 2. The second-order valence-electron chi connectivity index (χ2n) is 22.5. The number of nitrogens with one attached hydrogen (secondary N) is 10. The van der Waals surface area contributed by atoms with E-state index in [2.05, 4.69) is 57.8 Å². The number of hydrogen-bond acceptors (Lipinski definition) is 15. The lowest BCUT2D eigenvalue weighted by Crippen LogP contribution is -2.62. The van der Waals surface area contributed by atoms with E-state index in [4.69, 9.17) is 11.5 Å². The SMILES string of the molecule is CC[C@H](C)[C@H](NC(=O)[C@H](Cc1cnc[nH]1)NC(=O)[C@H](Cc1ccccc1)NC(=O)[C@H](CO)NC(=O)[C@H](CC(C)C)NC(=O)[C@H](Cc1ccccc1)NC(=O)[C@@H](N)Cc1ccccc1)C(=O)N[C@@H](CO)C(=O)N[C@@H](CC(N)=O)C(=O)N[C@@H](CC(C)C)C(=O)O. The Hall–Kier alpha value is -9.08. The van der Waals surface area contributed by atoms with E-state index in [1.54, 1.807) is 102 Å². The number of carbonyl (C=O) groups excluding carboxylic acids is 10. The molecule has 0 spiro atoms. The van der Waals surface area contributed by atoms with Crippen LogP contribution in [-0.4, -0.2) is 164 Å². The summed E-state index contributed by atoms with van der Waals surface area (Å²) in [5.41, 5.74) is 14.0. The van der Waals surface area contributed by atoms with Gasteiger partial charge in [0, 0.05) is 31.2 Å². The highest BCUT2D eigenvalue weighted by Crippen LogP contribution is 2.14. The number of aromatic nitrogens is 2. The third-order valence-corrected chi connectivity index (χ3v) is 14.2. The molecular weight excluding hydrogens is 1140 g/mol. The fourth-order valence-corrected chi connectivity index (χ4v) is 9.23. The molecule has 0 saturated carbocycles. The maximum atomic E-state index is 14.6. The van der Waals surface area contributed by atoms with E-state index >= 15 is 0 Å². The molecule has 0 unspecified atom stereocenters. The molecule has 10 amide bonds. The van der Waals surface area contributed by atoms with Gasteiger partial charge in [0.15, 0.2) is 0 Å². The minimum absolute atomic E-state index is 0.000304. The topological polar surface area (TPSA) is 437 Å². The molecule has 4 aromatic rings. The third-order valence-electron chi connectivity index (χ3n) is 14.2. The third kappa shape index (κ3) is 24.0. The molecule has 88 heavy (non-hydrogen) atoms. The van der Waals surface area contributed by atoms with Crippen LogP contribution in [0.5, 0.6) is 0 Å². The molecule has 1 heterocycles. The first-order chi connectivity index (χ1) is 41.8. The van der Waals surface area contributed by atoms with Crippen molar-refractivity contribution in [2.24, 2.45) is 29.2 Å². The average molecular weight is 1220 g/mol. The second-order valence-corrected chi connectivity index (χ2v) is 22.5. The molecule has 0 aliphatic carbocycles. The summed E-state index contributed by atoms with van der Waals surface area (Å²) in [5.74, 6) is -11.9. The molecule has 0 aliphatic heterocycles. The van der Waals surface area contributed by atoms with E-state index in [0.717, 1.165) is 5.56 Å². The smallest absolute Gasteiger partial charge is 0.326 e. The van der Waals surface area contributed by atoms with Crippen LogP contribution in [0.2, 0.25) is 0 Å². The van der Waals surface area contributed by atoms with E-state index in [1.807, 2.05) is 30.3 Å². The first-order valence-electron chi connectivity index (χ1n) is 29.1. The van der Waals surface area contributed by atoms with Crippen LogP contribution in [-0.2, 0) is 78.4 Å². The molecule has 0 fully saturated rings. The van der Waals surface area contributed by atoms with Gasteiger partial charge < -0.3 is 79.6 Å². The number of benzene rings is 3. The van der Waals surface area contributed by atoms with E-state index in [9.17, 15) is 68.1 Å². The maximum absolute atomic E-state index is 14.6. The van der Waals surface area contributed by atoms with E-state index in [1.165, 1.54) is 12.5 Å². The van der Waals surface area contributed by atoms with Gasteiger partial charge in [-0.3, -0.25) is 47.9 Å². The van der Waals surface area contributed by atoms with Gasteiger partial charge in [-0.15, -0.1) is 0 Å². The predicted octanol–water partition coefficient (Wildman–Crippen LogP) is -1.55. The van der Waals surface area contributed by atoms with Crippen molar-refractivity contribution < 1.29 is 68.1 Å². The molecule has 27 heteroatoms. The number of carboxylic acids is 1. The zero-order valence-corrected chi connectivity index (χ0v) is 50.3. The Morgan fingerprint density at radius 1 is 0.466 bits per heavy atom. The molecule has 1 aromatic heterocycles. The van der Waals surface area contributed by atoms with Gasteiger partial charge in [-0.2, -0.15) is 0 Å². The molecule has 27 nitrogen and oxygen atoms in total. The Balaban J connectivity index is 1.56. The first-order valence-corrected chi connectivity index (χ1v) is 29.1. The van der Waals surface area contributed by atoms with Crippen LogP contribution in [0.25, 0.3) is 0 Å². The van der Waals surface area contributed by atoms with Crippen molar-refractivity contribution in [2.45, 2.75) is 153 Å². The zero-order valence-electron chi connectivity index (χ0n) is 50.3. The molecule has 3 aromatic carbocycles. The minimum Gasteiger partial charge on any atom is -0.480 e. The Bertz CT molecular complexity index is 2940. The van der Waals surface area contributed by atoms with Crippen LogP contribution >= 0.6 is 0 Å². The number of aliphatic hydroxyl groups is 2. The van der Waals surface area contributed by atoms with Gasteiger partial charge >= 0.3 is 5.97 Å². The molecule has 4 rings (SSSR count). The number of aliphatic hydroxyl groups excluding tert-OH is 2. The number of nitrogens with zero attached hydrogens (tertiary/aromatic N) is 1. The summed E-state index contributed by atoms with van der Waals surface area (Å²) in [7, 11) is 0. The lowest BCUT2D eigenvalue weighted by atomic mass is 9.97. The van der Waals surface area contributed by atoms with Crippen LogP contribution in [0.15, 0.2) is 104 Å². The number of imidazole rings is 1. The van der Waals surface area contributed by atoms with E-state index < -0.39 is 151 Å². The van der Waals surface area contributed by atoms with E-state index in [-0.39, 0.29) is 56.8 Å². The van der Waals surface area contributed by atoms with Crippen molar-refractivity contribution in [3.8, 4) is 0 Å². The van der Waals surface area contributed by atoms with Gasteiger partial charge in [-0.25, -0.2) is 9.78 Å². The van der Waals surface area contributed by atoms with Crippen molar-refractivity contribution >= 4 is 65.0 Å². The van der Waals surface area contributed by atoms with Gasteiger partial charge in [0.2, 0.25) is 59.1 Å². The van der Waals surface area contributed by atoms with Crippen LogP contribution in [0.4, 0.5) is 0 Å². The van der Waals surface area contributed by atoms with Crippen molar-refractivity contribution in [1.29, 1.82) is 0 Å². The average Bonchev–Trinajstić information content (AvgIpc) is 4.16. The largest absolute Gasteiger partial charge is 0.480 e. The number of primary amides is 1. The van der Waals surface area contributed by atoms with Crippen molar-refractivity contribution in [1.82, 2.24) is 57.8 Å². The summed E-state index contributed by atoms with van der Waals surface area (Å²) in [6.07, 6.45) is 1.95. The molecular formula is C61H85N13O14. The van der Waals surface area contributed by atoms with Gasteiger partial charge in [0.1, 0.15) is 54.4 Å². The van der Waals surface area contributed by atoms with Gasteiger partial charge in [0.25, 0.3) is 0 Å². The van der Waals surface area contributed by atoms with Crippen LogP contribution in [0.1, 0.15) is 89.6 Å². The fraction of sp³-hybridized carbons (Fsp3) is 0.475. The van der Waals surface area contributed by atoms with Crippen molar-refractivity contribution in [3.63, 3.8) is 0 Å². The highest BCUT2D eigenvalue weighted by Gasteiger charge is 2.37. The summed E-state index contributed by atoms with van der Waals surface area (Å²) in [6, 6.07) is 11.6. The molecule has 0 radical (unpaired) electrons. The summed E-state index contributed by atoms with van der Waals surface area (Å²) in [5, 5.41) is 53.3. The fourth-order valence-electron chi connectivity index (χ4n) is 9.23. The summed E-state index contributed by atoms with van der Waals surface area (Å²) >= 11 is 0. The van der Waals surface area contributed by atoms with Gasteiger partial charge in [-0.05, 0) is 53.7 Å². The van der Waals surface area contributed by atoms with Crippen LogP contribution < -0.4 is 59.3 Å². The van der Waals surface area contributed by atoms with Crippen LogP contribution in [0, 0.1) is 17.8 Å². The Morgan fingerprint density at radius 3 is 1.26 bits per heavy atom. The standard InChI is InChI=1S/C61H85N13O14/c1-7-36(6)51(60(86)73-49(32-76)59(85)70-46(29-50(63)77)56(82)71-47(61(87)88)24-35(4)5)74-57(83)45(28-40-30-64-33-65-40)69-55(81)44(27-39-21-15-10-16-22-39)68-58(84)48(31-75)72-53(79)42(23-34(2)3)67-54(80)43(26-38-19-13-9-14-20-38)66-52(78)41(62)25-37-17-11-8-12-18-37/h8-22,30,33-36,41-49,51,75-76H,7,23-29,31-32,62H2,1-6H3,(H2,63,77)(H,64,65)(H,66,78)(H,67,80)(H,68,84)(H,69,81)(H,70,85)(H,71,82)(H,72,79)(H,73,86)(H,74,83)(H,87,88)/t36-,41-,42-,43-,44-,45-,46-,47-,48-,49-,51-/m0/s1. The number of aliphatic carboxylic acids is 1. The number of carbonyl (C=O) groups is 11. The Kier molecular flexibility index (Phi) is 29.3. The second kappa shape index (κ2) is 36.2. The van der Waals surface area contributed by atoms with Crippen LogP contribution in [0.3, 0.4) is 0 Å². The van der Waals surface area contributed by atoms with Gasteiger partial charge in [0.05, 0.1) is 32.0 Å². The number of carboxylic acid groups (broad SMARTS) is 1. The Morgan fingerprint density at radius 2 is 0.830 bits per heavy atom. The van der Waals surface area contributed by atoms with Crippen molar-refractivity contribution in [2.75, 3.05) is 13.2 Å². The quantitative estimate of drug-likeness (QED) is 0.0243. The maximum Gasteiger partial charge on any atom is 0.326 e. The number of hydrogen-bond donors (Lipinski definition) is 15. The summed E-state index contributed by atoms with van der Waals surface area (Å²) in [4.78, 5) is 157. The molecule has 0 aliphatic rings. The summed E-state index contributed by atoms with van der Waals surface area (Å²) in [6.45, 7) is 8.27. The number of rotatable bonds is 37. The summed E-state index contributed by atoms with van der Waals surface area (Å²) < 4.78 is 0. The molecule has 0 saturated heterocycles. The predicted molar refractivity (Wildman–Crippen MR) is 322 cm³/mol. The lowest BCUT2D eigenvalue weighted by Gasteiger charge is -2.29. The lowest BCUT2D eigenvalue weighted by molar-refractivity contribution is -0.143.